The van der Waals surface area contributed by atoms with Gasteiger partial charge in [0.1, 0.15) is 0 Å². The molecule has 0 aliphatic heterocycles. The lowest BCUT2D eigenvalue weighted by Gasteiger charge is -2.07. The van der Waals surface area contributed by atoms with Gasteiger partial charge >= 0.3 is 0 Å². The van der Waals surface area contributed by atoms with Gasteiger partial charge in [0.05, 0.1) is 5.56 Å². The number of para-hydroxylation sites is 1. The van der Waals surface area contributed by atoms with Crippen LogP contribution in [0, 0.1) is 0 Å². The van der Waals surface area contributed by atoms with Gasteiger partial charge in [-0.2, -0.15) is 0 Å². The van der Waals surface area contributed by atoms with Gasteiger partial charge < -0.3 is 15.2 Å². The number of fused-ring (bicyclic) bond motifs is 1. The van der Waals surface area contributed by atoms with Crippen LogP contribution in [0.2, 0.25) is 0 Å². The highest BCUT2D eigenvalue weighted by Gasteiger charge is 2.15. The van der Waals surface area contributed by atoms with E-state index >= 15 is 0 Å². The Balaban J connectivity index is 1.64. The third-order valence-electron chi connectivity index (χ3n) is 4.67. The van der Waals surface area contributed by atoms with Crippen molar-refractivity contribution in [1.82, 2.24) is 4.57 Å². The predicted molar refractivity (Wildman–Crippen MR) is 116 cm³/mol. The molecular weight excluding hydrogens is 362 g/mol. The molecule has 2 amide bonds. The molecule has 0 radical (unpaired) electrons. The Labute approximate surface area is 169 Å². The summed E-state index contributed by atoms with van der Waals surface area (Å²) in [6, 6.07) is 25.2. The number of aromatic nitrogens is 1. The smallest absolute Gasteiger partial charge is 0.257 e. The van der Waals surface area contributed by atoms with Gasteiger partial charge in [-0.15, -0.1) is 0 Å². The number of anilines is 2. The van der Waals surface area contributed by atoms with E-state index in [9.17, 15) is 9.59 Å². The summed E-state index contributed by atoms with van der Waals surface area (Å²) in [6.45, 7) is 2.14. The third kappa shape index (κ3) is 4.19. The molecule has 0 aliphatic carbocycles. The van der Waals surface area contributed by atoms with Crippen LogP contribution in [0.15, 0.2) is 85.1 Å². The van der Waals surface area contributed by atoms with E-state index in [4.69, 9.17) is 0 Å². The van der Waals surface area contributed by atoms with E-state index in [2.05, 4.69) is 27.3 Å². The molecule has 2 N–H and O–H groups in total. The Hall–Kier alpha value is -3.86. The summed E-state index contributed by atoms with van der Waals surface area (Å²) in [5.74, 6) is -0.342. The minimum atomic E-state index is -0.187. The Bertz CT molecular complexity index is 1180. The molecule has 144 valence electrons. The van der Waals surface area contributed by atoms with E-state index in [1.54, 1.807) is 24.3 Å². The summed E-state index contributed by atoms with van der Waals surface area (Å²) >= 11 is 0. The second-order valence-electron chi connectivity index (χ2n) is 6.89. The Morgan fingerprint density at radius 1 is 0.828 bits per heavy atom. The zero-order valence-electron chi connectivity index (χ0n) is 16.1. The molecule has 0 saturated carbocycles. The molecule has 0 saturated heterocycles. The average molecular weight is 383 g/mol. The molecule has 0 unspecified atom stereocenters. The third-order valence-corrected chi connectivity index (χ3v) is 4.67. The van der Waals surface area contributed by atoms with E-state index in [1.165, 1.54) is 12.5 Å². The maximum absolute atomic E-state index is 13.0. The van der Waals surface area contributed by atoms with Crippen LogP contribution in [0.1, 0.15) is 22.8 Å². The van der Waals surface area contributed by atoms with Crippen LogP contribution >= 0.6 is 0 Å². The number of hydrogen-bond acceptors (Lipinski definition) is 2. The zero-order chi connectivity index (χ0) is 20.2. The Morgan fingerprint density at radius 2 is 1.52 bits per heavy atom. The molecule has 5 nitrogen and oxygen atoms in total. The molecule has 0 spiro atoms. The lowest BCUT2D eigenvalue weighted by atomic mass is 10.1. The fourth-order valence-electron chi connectivity index (χ4n) is 3.42. The van der Waals surface area contributed by atoms with Crippen molar-refractivity contribution >= 4 is 34.1 Å². The summed E-state index contributed by atoms with van der Waals surface area (Å²) in [5.41, 5.74) is 4.06. The molecule has 0 fully saturated rings. The van der Waals surface area contributed by atoms with E-state index in [0.29, 0.717) is 23.5 Å². The van der Waals surface area contributed by atoms with Crippen LogP contribution in [0.25, 0.3) is 10.9 Å². The number of benzene rings is 3. The Kier molecular flexibility index (Phi) is 5.12. The fraction of sp³-hybridized carbons (Fsp3) is 0.0833. The van der Waals surface area contributed by atoms with Crippen molar-refractivity contribution in [3.8, 4) is 0 Å². The topological polar surface area (TPSA) is 63.1 Å². The molecule has 4 rings (SSSR count). The standard InChI is InChI=1S/C24H21N3O2/c1-17(28)25-19-10-7-11-20(14-19)26-24(29)22-16-27(15-18-8-3-2-4-9-18)23-13-6-5-12-21(22)23/h2-14,16H,15H2,1H3,(H,25,28)(H,26,29). The number of nitrogens with zero attached hydrogens (tertiary/aromatic N) is 1. The number of carbonyl (C=O) groups is 2. The van der Waals surface area contributed by atoms with Crippen LogP contribution < -0.4 is 10.6 Å². The van der Waals surface area contributed by atoms with Gasteiger partial charge in [0.15, 0.2) is 0 Å². The molecule has 3 aromatic carbocycles. The van der Waals surface area contributed by atoms with E-state index < -0.39 is 0 Å². The largest absolute Gasteiger partial charge is 0.342 e. The van der Waals surface area contributed by atoms with Crippen molar-refractivity contribution in [2.24, 2.45) is 0 Å². The number of carbonyl (C=O) groups excluding carboxylic acids is 2. The molecule has 0 bridgehead atoms. The first-order chi connectivity index (χ1) is 14.1. The van der Waals surface area contributed by atoms with Crippen LogP contribution in [-0.4, -0.2) is 16.4 Å². The molecule has 4 aromatic rings. The first-order valence-corrected chi connectivity index (χ1v) is 9.41. The monoisotopic (exact) mass is 383 g/mol. The lowest BCUT2D eigenvalue weighted by Crippen LogP contribution is -2.12. The van der Waals surface area contributed by atoms with Crippen LogP contribution in [0.3, 0.4) is 0 Å². The number of hydrogen-bond donors (Lipinski definition) is 2. The van der Waals surface area contributed by atoms with Crippen molar-refractivity contribution < 1.29 is 9.59 Å². The van der Waals surface area contributed by atoms with Gasteiger partial charge in [-0.1, -0.05) is 54.6 Å². The van der Waals surface area contributed by atoms with Gasteiger partial charge in [0, 0.05) is 41.9 Å². The highest BCUT2D eigenvalue weighted by Crippen LogP contribution is 2.24. The molecular formula is C24H21N3O2. The average Bonchev–Trinajstić information content (AvgIpc) is 3.07. The van der Waals surface area contributed by atoms with Crippen LogP contribution in [-0.2, 0) is 11.3 Å². The summed E-state index contributed by atoms with van der Waals surface area (Å²) in [4.78, 5) is 24.3. The molecule has 0 aliphatic rings. The van der Waals surface area contributed by atoms with Gasteiger partial charge in [0.2, 0.25) is 5.91 Å². The lowest BCUT2D eigenvalue weighted by molar-refractivity contribution is -0.114. The van der Waals surface area contributed by atoms with Crippen molar-refractivity contribution in [1.29, 1.82) is 0 Å². The predicted octanol–water partition coefficient (Wildman–Crippen LogP) is 4.90. The maximum atomic E-state index is 13.0. The molecule has 1 aromatic heterocycles. The van der Waals surface area contributed by atoms with Crippen LogP contribution in [0.5, 0.6) is 0 Å². The summed E-state index contributed by atoms with van der Waals surface area (Å²) < 4.78 is 2.09. The van der Waals surface area contributed by atoms with Crippen molar-refractivity contribution in [3.05, 3.63) is 96.2 Å². The van der Waals surface area contributed by atoms with Gasteiger partial charge in [-0.25, -0.2) is 0 Å². The van der Waals surface area contributed by atoms with Crippen molar-refractivity contribution in [3.63, 3.8) is 0 Å². The zero-order valence-corrected chi connectivity index (χ0v) is 16.1. The minimum Gasteiger partial charge on any atom is -0.342 e. The maximum Gasteiger partial charge on any atom is 0.257 e. The van der Waals surface area contributed by atoms with E-state index in [0.717, 1.165) is 10.9 Å². The first-order valence-electron chi connectivity index (χ1n) is 9.41. The Morgan fingerprint density at radius 3 is 2.28 bits per heavy atom. The van der Waals surface area contributed by atoms with Gasteiger partial charge in [-0.05, 0) is 29.8 Å². The summed E-state index contributed by atoms with van der Waals surface area (Å²) in [5, 5.41) is 6.56. The van der Waals surface area contributed by atoms with Crippen LogP contribution in [0.4, 0.5) is 11.4 Å². The highest BCUT2D eigenvalue weighted by molar-refractivity contribution is 6.13. The molecule has 0 atom stereocenters. The molecule has 5 heteroatoms. The van der Waals surface area contributed by atoms with E-state index in [1.807, 2.05) is 48.7 Å². The minimum absolute atomic E-state index is 0.155. The second-order valence-corrected chi connectivity index (χ2v) is 6.89. The number of amides is 2. The normalized spacial score (nSPS) is 10.7. The molecule has 1 heterocycles. The van der Waals surface area contributed by atoms with E-state index in [-0.39, 0.29) is 11.8 Å². The fourth-order valence-corrected chi connectivity index (χ4v) is 3.42. The van der Waals surface area contributed by atoms with Gasteiger partial charge in [-0.3, -0.25) is 9.59 Å². The second kappa shape index (κ2) is 8.02. The summed E-state index contributed by atoms with van der Waals surface area (Å²) in [7, 11) is 0. The SMILES string of the molecule is CC(=O)Nc1cccc(NC(=O)c2cn(Cc3ccccc3)c3ccccc23)c1. The summed E-state index contributed by atoms with van der Waals surface area (Å²) in [6.07, 6.45) is 1.89. The number of rotatable bonds is 5. The molecule has 29 heavy (non-hydrogen) atoms. The van der Waals surface area contributed by atoms with Crippen molar-refractivity contribution in [2.75, 3.05) is 10.6 Å². The first kappa shape index (κ1) is 18.5. The van der Waals surface area contributed by atoms with Crippen molar-refractivity contribution in [2.45, 2.75) is 13.5 Å². The highest BCUT2D eigenvalue weighted by atomic mass is 16.2. The quantitative estimate of drug-likeness (QED) is 0.515. The van der Waals surface area contributed by atoms with Gasteiger partial charge in [0.25, 0.3) is 5.91 Å². The number of nitrogens with one attached hydrogen (secondary N) is 2.